The molecular formula is C16H32F12N4O10S4. The van der Waals surface area contributed by atoms with Gasteiger partial charge in [-0.25, -0.2) is 33.7 Å². The molecule has 0 atom stereocenters. The maximum absolute atomic E-state index is 11.4. The second kappa shape index (κ2) is 17.9. The number of ether oxygens (including phenoxy) is 2. The van der Waals surface area contributed by atoms with Gasteiger partial charge < -0.3 is 26.7 Å². The molecule has 284 valence electrons. The largest absolute Gasteiger partial charge is 0.480 e. The molecule has 0 aromatic rings. The van der Waals surface area contributed by atoms with Crippen LogP contribution in [0.2, 0.25) is 0 Å². The molecule has 30 heteroatoms. The zero-order valence-electron chi connectivity index (χ0n) is 24.9. The lowest BCUT2D eigenvalue weighted by Gasteiger charge is -2.22. The summed E-state index contributed by atoms with van der Waals surface area (Å²) in [6.07, 6.45) is 0. The number of alkyl halides is 12. The Bertz CT molecular complexity index is 1140. The van der Waals surface area contributed by atoms with Crippen LogP contribution in [0.3, 0.4) is 0 Å². The Balaban J connectivity index is -0.000000267. The van der Waals surface area contributed by atoms with Gasteiger partial charge in [0.1, 0.15) is 13.1 Å². The zero-order valence-corrected chi connectivity index (χ0v) is 28.1. The molecular weight excluding hydrogens is 764 g/mol. The van der Waals surface area contributed by atoms with Crippen molar-refractivity contribution < 1.29 is 105 Å². The Morgan fingerprint density at radius 1 is 0.435 bits per heavy atom. The minimum absolute atomic E-state index is 0.778. The van der Waals surface area contributed by atoms with Gasteiger partial charge in [-0.3, -0.25) is 0 Å². The van der Waals surface area contributed by atoms with Gasteiger partial charge in [-0.1, -0.05) is 0 Å². The third kappa shape index (κ3) is 23.1. The summed E-state index contributed by atoms with van der Waals surface area (Å²) in [5.41, 5.74) is -24.8. The molecule has 0 amide bonds. The van der Waals surface area contributed by atoms with Gasteiger partial charge >= 0.3 is 22.0 Å². The van der Waals surface area contributed by atoms with E-state index >= 15 is 0 Å². The van der Waals surface area contributed by atoms with Crippen molar-refractivity contribution in [1.29, 1.82) is 0 Å². The van der Waals surface area contributed by atoms with E-state index in [0.29, 0.717) is 0 Å². The molecule has 0 aromatic carbocycles. The molecule has 0 N–H and O–H groups in total. The Hall–Kier alpha value is -1.28. The number of rotatable bonds is 10. The summed E-state index contributed by atoms with van der Waals surface area (Å²) in [4.78, 5) is 0. The first-order valence-electron chi connectivity index (χ1n) is 10.9. The van der Waals surface area contributed by atoms with Crippen LogP contribution in [0.4, 0.5) is 52.7 Å². The van der Waals surface area contributed by atoms with E-state index in [4.69, 9.17) is 9.47 Å². The van der Waals surface area contributed by atoms with E-state index in [1.165, 1.54) is 0 Å². The van der Waals surface area contributed by atoms with Gasteiger partial charge in [0.25, 0.3) is 0 Å². The van der Waals surface area contributed by atoms with Crippen molar-refractivity contribution >= 4 is 40.1 Å². The van der Waals surface area contributed by atoms with Gasteiger partial charge in [-0.05, 0) is 0 Å². The molecule has 0 saturated heterocycles. The highest BCUT2D eigenvalue weighted by Gasteiger charge is 2.48. The minimum Gasteiger partial charge on any atom is -0.421 e. The second-order valence-electron chi connectivity index (χ2n) is 9.85. The Morgan fingerprint density at radius 3 is 0.652 bits per heavy atom. The average molecular weight is 797 g/mol. The van der Waals surface area contributed by atoms with E-state index in [0.717, 1.165) is 43.5 Å². The summed E-state index contributed by atoms with van der Waals surface area (Å²) in [7, 11) is -10.5. The Labute approximate surface area is 258 Å². The van der Waals surface area contributed by atoms with E-state index in [2.05, 4.69) is 42.3 Å². The van der Waals surface area contributed by atoms with Crippen molar-refractivity contribution in [3.8, 4) is 0 Å². The van der Waals surface area contributed by atoms with Crippen LogP contribution in [-0.2, 0) is 49.6 Å². The van der Waals surface area contributed by atoms with Crippen LogP contribution < -0.4 is 0 Å². The van der Waals surface area contributed by atoms with Gasteiger partial charge in [0.2, 0.25) is 0 Å². The third-order valence-electron chi connectivity index (χ3n) is 3.49. The summed E-state index contributed by atoms with van der Waals surface area (Å²) in [5, 5.41) is 0. The first kappa shape index (κ1) is 51.6. The monoisotopic (exact) mass is 796 g/mol. The smallest absolute Gasteiger partial charge is 0.421 e. The van der Waals surface area contributed by atoms with Gasteiger partial charge in [-0.15, -0.1) is 0 Å². The molecule has 0 saturated carbocycles. The van der Waals surface area contributed by atoms with Gasteiger partial charge in [0.15, 0.2) is 40.1 Å². The first-order chi connectivity index (χ1) is 19.5. The van der Waals surface area contributed by atoms with Gasteiger partial charge in [-0.2, -0.15) is 52.7 Å². The maximum atomic E-state index is 11.4. The molecule has 0 radical (unpaired) electrons. The van der Waals surface area contributed by atoms with Crippen LogP contribution in [0.15, 0.2) is 0 Å². The zero-order chi connectivity index (χ0) is 38.7. The molecule has 0 aliphatic rings. The number of halogens is 12. The second-order valence-corrected chi connectivity index (χ2v) is 16.7. The number of hydrogen-bond donors (Lipinski definition) is 0. The SMILES string of the molecule is COCC[N+](C)(C)C.COCC[N+](C)(C)C.O=S(=O)([N-]S(=O)(=O)C(F)(F)F)C(F)(F)F.O=S(=O)([N-]S(=O)(=O)C(F)(F)F)C(F)(F)F. The van der Waals surface area contributed by atoms with E-state index < -0.39 is 62.1 Å². The number of methoxy groups -OCH3 is 2. The Morgan fingerprint density at radius 2 is 0.587 bits per heavy atom. The highest BCUT2D eigenvalue weighted by molar-refractivity contribution is 8.13. The molecule has 0 rings (SSSR count). The lowest BCUT2D eigenvalue weighted by molar-refractivity contribution is -0.870. The quantitative estimate of drug-likeness (QED) is 0.236. The molecule has 46 heavy (non-hydrogen) atoms. The Kier molecular flexibility index (Phi) is 20.1. The number of likely N-dealkylation sites (N-methyl/N-ethyl adjacent to an activating group) is 2. The van der Waals surface area contributed by atoms with Crippen molar-refractivity contribution in [2.24, 2.45) is 0 Å². The summed E-state index contributed by atoms with van der Waals surface area (Å²) in [6.45, 7) is 3.86. The fourth-order valence-electron chi connectivity index (χ4n) is 1.16. The van der Waals surface area contributed by atoms with Crippen LogP contribution >= 0.6 is 0 Å². The fourth-order valence-corrected chi connectivity index (χ4v) is 4.58. The van der Waals surface area contributed by atoms with E-state index in [1.54, 1.807) is 14.2 Å². The highest BCUT2D eigenvalue weighted by Crippen LogP contribution is 2.37. The van der Waals surface area contributed by atoms with Crippen LogP contribution in [0, 0.1) is 0 Å². The predicted molar refractivity (Wildman–Crippen MR) is 136 cm³/mol. The number of sulfonamides is 4. The maximum Gasteiger partial charge on any atom is 0.480 e. The van der Waals surface area contributed by atoms with Crippen molar-refractivity contribution in [2.75, 3.05) is 82.8 Å². The fraction of sp³-hybridized carbons (Fsp3) is 1.00. The molecule has 0 spiro atoms. The van der Waals surface area contributed by atoms with Crippen molar-refractivity contribution in [1.82, 2.24) is 0 Å². The molecule has 0 bridgehead atoms. The molecule has 0 unspecified atom stereocenters. The van der Waals surface area contributed by atoms with Crippen molar-refractivity contribution in [3.63, 3.8) is 0 Å². The highest BCUT2D eigenvalue weighted by atomic mass is 32.3. The van der Waals surface area contributed by atoms with E-state index in [1.807, 2.05) is 0 Å². The molecule has 0 fully saturated rings. The van der Waals surface area contributed by atoms with Crippen LogP contribution in [0.25, 0.3) is 8.25 Å². The number of nitrogens with zero attached hydrogens (tertiary/aromatic N) is 4. The molecule has 0 aliphatic heterocycles. The molecule has 0 heterocycles. The standard InChI is InChI=1S/2C6H16NO.2C2F6NO4S2/c2*1-7(2,3)5-6-8-4;2*3-1(4,5)14(10,11)9-15(12,13)2(6,7)8/h2*5-6H2,1-4H3;;/q2*+1;2*-1. The van der Waals surface area contributed by atoms with Crippen LogP contribution in [0.5, 0.6) is 0 Å². The van der Waals surface area contributed by atoms with E-state index in [-0.39, 0.29) is 0 Å². The topological polar surface area (TPSA) is 183 Å². The lowest BCUT2D eigenvalue weighted by atomic mass is 10.5. The van der Waals surface area contributed by atoms with Crippen LogP contribution in [-0.4, -0.2) is 147 Å². The van der Waals surface area contributed by atoms with Gasteiger partial charge in [0, 0.05) is 14.2 Å². The summed E-state index contributed by atoms with van der Waals surface area (Å²) in [5.74, 6) is 0. The number of quaternary nitrogens is 2. The number of hydrogen-bond acceptors (Lipinski definition) is 10. The van der Waals surface area contributed by atoms with Crippen LogP contribution in [0.1, 0.15) is 0 Å². The summed E-state index contributed by atoms with van der Waals surface area (Å²) >= 11 is 0. The van der Waals surface area contributed by atoms with E-state index in [9.17, 15) is 86.4 Å². The third-order valence-corrected chi connectivity index (χ3v) is 8.97. The predicted octanol–water partition coefficient (Wildman–Crippen LogP) is 2.80. The minimum atomic E-state index is -6.72. The van der Waals surface area contributed by atoms with Gasteiger partial charge in [0.05, 0.1) is 55.5 Å². The first-order valence-corrected chi connectivity index (χ1v) is 16.6. The summed E-state index contributed by atoms with van der Waals surface area (Å²) in [6, 6.07) is 0. The molecule has 0 aliphatic carbocycles. The average Bonchev–Trinajstić information content (AvgIpc) is 2.72. The van der Waals surface area contributed by atoms with Crippen molar-refractivity contribution in [2.45, 2.75) is 22.0 Å². The molecule has 0 aromatic heterocycles. The van der Waals surface area contributed by atoms with Crippen molar-refractivity contribution in [3.05, 3.63) is 8.25 Å². The molecule has 14 nitrogen and oxygen atoms in total. The lowest BCUT2D eigenvalue weighted by Crippen LogP contribution is -2.37. The normalized spacial score (nSPS) is 14.2. The summed E-state index contributed by atoms with van der Waals surface area (Å²) < 4.78 is 230.